The molecular formula is C12H13BrO3. The number of aldehydes is 1. The van der Waals surface area contributed by atoms with E-state index in [9.17, 15) is 4.79 Å². The van der Waals surface area contributed by atoms with Gasteiger partial charge in [0.15, 0.2) is 11.5 Å². The van der Waals surface area contributed by atoms with Crippen LogP contribution in [0.3, 0.4) is 0 Å². The lowest BCUT2D eigenvalue weighted by molar-refractivity contribution is -0.107. The van der Waals surface area contributed by atoms with Crippen LogP contribution >= 0.6 is 15.9 Å². The van der Waals surface area contributed by atoms with Crippen LogP contribution in [0.1, 0.15) is 24.5 Å². The third-order valence-electron chi connectivity index (χ3n) is 2.68. The highest BCUT2D eigenvalue weighted by molar-refractivity contribution is 9.10. The van der Waals surface area contributed by atoms with Gasteiger partial charge in [-0.2, -0.15) is 0 Å². The molecule has 0 aromatic heterocycles. The van der Waals surface area contributed by atoms with Gasteiger partial charge in [-0.25, -0.2) is 0 Å². The van der Waals surface area contributed by atoms with Crippen LogP contribution in [-0.2, 0) is 17.6 Å². The summed E-state index contributed by atoms with van der Waals surface area (Å²) < 4.78 is 11.8. The molecule has 3 nitrogen and oxygen atoms in total. The van der Waals surface area contributed by atoms with Gasteiger partial charge in [-0.05, 0) is 40.4 Å². The van der Waals surface area contributed by atoms with Gasteiger partial charge in [-0.3, -0.25) is 0 Å². The molecule has 0 aliphatic carbocycles. The highest BCUT2D eigenvalue weighted by Crippen LogP contribution is 2.44. The van der Waals surface area contributed by atoms with Gasteiger partial charge in [0, 0.05) is 12.0 Å². The number of aryl methyl sites for hydroxylation is 1. The van der Waals surface area contributed by atoms with Crippen LogP contribution in [0, 0.1) is 0 Å². The highest BCUT2D eigenvalue weighted by atomic mass is 79.9. The van der Waals surface area contributed by atoms with E-state index < -0.39 is 0 Å². The molecule has 0 fully saturated rings. The Morgan fingerprint density at radius 1 is 1.44 bits per heavy atom. The first-order valence-electron chi connectivity index (χ1n) is 5.31. The molecule has 1 heterocycles. The van der Waals surface area contributed by atoms with Gasteiger partial charge in [0.25, 0.3) is 0 Å². The zero-order chi connectivity index (χ0) is 11.5. The van der Waals surface area contributed by atoms with Crippen LogP contribution in [0.5, 0.6) is 11.5 Å². The minimum absolute atomic E-state index is 0.276. The molecule has 1 aromatic rings. The minimum Gasteiger partial charge on any atom is -0.453 e. The maximum atomic E-state index is 10.4. The molecular weight excluding hydrogens is 272 g/mol. The molecule has 1 aliphatic heterocycles. The Morgan fingerprint density at radius 2 is 2.19 bits per heavy atom. The summed E-state index contributed by atoms with van der Waals surface area (Å²) in [5, 5.41) is 0. The molecule has 0 unspecified atom stereocenters. The molecule has 0 atom stereocenters. The second kappa shape index (κ2) is 4.87. The fourth-order valence-electron chi connectivity index (χ4n) is 1.96. The SMILES string of the molecule is CCc1c(CCC=O)cc(Br)c2c1OCO2. The summed E-state index contributed by atoms with van der Waals surface area (Å²) in [7, 11) is 0. The average molecular weight is 285 g/mol. The molecule has 0 saturated heterocycles. The van der Waals surface area contributed by atoms with Crippen LogP contribution in [0.25, 0.3) is 0 Å². The van der Waals surface area contributed by atoms with E-state index in [4.69, 9.17) is 9.47 Å². The number of carbonyl (C=O) groups excluding carboxylic acids is 1. The van der Waals surface area contributed by atoms with Gasteiger partial charge in [0.2, 0.25) is 6.79 Å². The Bertz CT molecular complexity index is 415. The lowest BCUT2D eigenvalue weighted by Gasteiger charge is -2.11. The summed E-state index contributed by atoms with van der Waals surface area (Å²) in [5.41, 5.74) is 2.31. The monoisotopic (exact) mass is 284 g/mol. The van der Waals surface area contributed by atoms with Gasteiger partial charge in [0.1, 0.15) is 6.29 Å². The number of halogens is 1. The van der Waals surface area contributed by atoms with Crippen molar-refractivity contribution >= 4 is 22.2 Å². The number of rotatable bonds is 4. The Labute approximate surface area is 103 Å². The zero-order valence-electron chi connectivity index (χ0n) is 9.09. The third-order valence-corrected chi connectivity index (χ3v) is 3.27. The van der Waals surface area contributed by atoms with E-state index in [0.717, 1.165) is 46.2 Å². The Hall–Kier alpha value is -1.03. The van der Waals surface area contributed by atoms with E-state index in [1.54, 1.807) is 0 Å². The van der Waals surface area contributed by atoms with Crippen molar-refractivity contribution in [2.75, 3.05) is 6.79 Å². The molecule has 0 spiro atoms. The predicted molar refractivity (Wildman–Crippen MR) is 64.0 cm³/mol. The standard InChI is InChI=1S/C12H13BrO3/c1-2-9-8(4-3-5-14)6-10(13)12-11(9)15-7-16-12/h5-6H,2-4,7H2,1H3. The summed E-state index contributed by atoms with van der Waals surface area (Å²) >= 11 is 3.46. The highest BCUT2D eigenvalue weighted by Gasteiger charge is 2.22. The molecule has 0 radical (unpaired) electrons. The summed E-state index contributed by atoms with van der Waals surface area (Å²) in [5.74, 6) is 1.62. The number of ether oxygens (including phenoxy) is 2. The molecule has 86 valence electrons. The number of hydrogen-bond donors (Lipinski definition) is 0. The van der Waals surface area contributed by atoms with Gasteiger partial charge >= 0.3 is 0 Å². The Kier molecular flexibility index (Phi) is 3.49. The average Bonchev–Trinajstić information content (AvgIpc) is 2.76. The minimum atomic E-state index is 0.276. The fourth-order valence-corrected chi connectivity index (χ4v) is 2.53. The van der Waals surface area contributed by atoms with E-state index in [1.807, 2.05) is 6.07 Å². The van der Waals surface area contributed by atoms with Crippen LogP contribution in [0.15, 0.2) is 10.5 Å². The van der Waals surface area contributed by atoms with Crippen molar-refractivity contribution in [2.45, 2.75) is 26.2 Å². The lowest BCUT2D eigenvalue weighted by atomic mass is 9.99. The third kappa shape index (κ3) is 1.94. The number of hydrogen-bond acceptors (Lipinski definition) is 3. The van der Waals surface area contributed by atoms with Crippen molar-refractivity contribution in [2.24, 2.45) is 0 Å². The van der Waals surface area contributed by atoms with Gasteiger partial charge in [-0.1, -0.05) is 6.92 Å². The van der Waals surface area contributed by atoms with Crippen molar-refractivity contribution in [3.63, 3.8) is 0 Å². The van der Waals surface area contributed by atoms with Crippen molar-refractivity contribution < 1.29 is 14.3 Å². The number of carbonyl (C=O) groups is 1. The Balaban J connectivity index is 2.44. The summed E-state index contributed by atoms with van der Waals surface area (Å²) in [6.07, 6.45) is 3.12. The number of fused-ring (bicyclic) bond motifs is 1. The molecule has 1 aromatic carbocycles. The maximum absolute atomic E-state index is 10.4. The molecule has 4 heteroatoms. The largest absolute Gasteiger partial charge is 0.453 e. The molecule has 0 bridgehead atoms. The van der Waals surface area contributed by atoms with E-state index in [2.05, 4.69) is 22.9 Å². The lowest BCUT2D eigenvalue weighted by Crippen LogP contribution is -1.97. The van der Waals surface area contributed by atoms with Crippen molar-refractivity contribution in [3.05, 3.63) is 21.7 Å². The van der Waals surface area contributed by atoms with E-state index >= 15 is 0 Å². The second-order valence-electron chi connectivity index (χ2n) is 3.62. The first-order valence-corrected chi connectivity index (χ1v) is 6.10. The summed E-state index contributed by atoms with van der Waals surface area (Å²) in [4.78, 5) is 10.4. The first-order chi connectivity index (χ1) is 7.77. The van der Waals surface area contributed by atoms with E-state index in [0.29, 0.717) is 6.42 Å². The Morgan fingerprint density at radius 3 is 2.88 bits per heavy atom. The molecule has 1 aliphatic rings. The fraction of sp³-hybridized carbons (Fsp3) is 0.417. The first kappa shape index (κ1) is 11.5. The van der Waals surface area contributed by atoms with E-state index in [1.165, 1.54) is 0 Å². The molecule has 2 rings (SSSR count). The smallest absolute Gasteiger partial charge is 0.231 e. The van der Waals surface area contributed by atoms with Gasteiger partial charge in [-0.15, -0.1) is 0 Å². The zero-order valence-corrected chi connectivity index (χ0v) is 10.7. The van der Waals surface area contributed by atoms with E-state index in [-0.39, 0.29) is 6.79 Å². The molecule has 0 N–H and O–H groups in total. The van der Waals surface area contributed by atoms with Crippen LogP contribution in [-0.4, -0.2) is 13.1 Å². The normalized spacial score (nSPS) is 12.9. The summed E-state index contributed by atoms with van der Waals surface area (Å²) in [6.45, 7) is 2.35. The van der Waals surface area contributed by atoms with Crippen LogP contribution in [0.4, 0.5) is 0 Å². The molecule has 16 heavy (non-hydrogen) atoms. The van der Waals surface area contributed by atoms with Gasteiger partial charge in [0.05, 0.1) is 4.47 Å². The van der Waals surface area contributed by atoms with Crippen LogP contribution < -0.4 is 9.47 Å². The van der Waals surface area contributed by atoms with Crippen LogP contribution in [0.2, 0.25) is 0 Å². The summed E-state index contributed by atoms with van der Waals surface area (Å²) in [6, 6.07) is 2.02. The van der Waals surface area contributed by atoms with Gasteiger partial charge < -0.3 is 14.3 Å². The second-order valence-corrected chi connectivity index (χ2v) is 4.47. The topological polar surface area (TPSA) is 35.5 Å². The van der Waals surface area contributed by atoms with Crippen molar-refractivity contribution in [1.29, 1.82) is 0 Å². The number of benzene rings is 1. The maximum Gasteiger partial charge on any atom is 0.231 e. The molecule has 0 saturated carbocycles. The van der Waals surface area contributed by atoms with Crippen molar-refractivity contribution in [3.8, 4) is 11.5 Å². The molecule has 0 amide bonds. The quantitative estimate of drug-likeness (QED) is 0.798. The predicted octanol–water partition coefficient (Wildman–Crippen LogP) is 2.87. The van der Waals surface area contributed by atoms with Crippen molar-refractivity contribution in [1.82, 2.24) is 0 Å².